The van der Waals surface area contributed by atoms with E-state index in [0.29, 0.717) is 6.42 Å². The Morgan fingerprint density at radius 3 is 2.40 bits per heavy atom. The second-order valence-corrected chi connectivity index (χ2v) is 6.37. The SMILES string of the molecule is CC1(C)CC(Oc2cc(F)cc(B(O)O)c2)C(C)(C)O1. The van der Waals surface area contributed by atoms with E-state index in [1.54, 1.807) is 0 Å². The average molecular weight is 282 g/mol. The molecule has 0 bridgehead atoms. The molecule has 6 heteroatoms. The highest BCUT2D eigenvalue weighted by Gasteiger charge is 2.47. The first-order valence-corrected chi connectivity index (χ1v) is 6.62. The van der Waals surface area contributed by atoms with E-state index in [1.807, 2.05) is 27.7 Å². The molecule has 2 N–H and O–H groups in total. The van der Waals surface area contributed by atoms with Gasteiger partial charge in [0.25, 0.3) is 0 Å². The highest BCUT2D eigenvalue weighted by Crippen LogP contribution is 2.39. The number of hydrogen-bond donors (Lipinski definition) is 2. The van der Waals surface area contributed by atoms with Crippen molar-refractivity contribution in [2.24, 2.45) is 0 Å². The van der Waals surface area contributed by atoms with Gasteiger partial charge in [0.15, 0.2) is 0 Å². The van der Waals surface area contributed by atoms with Crippen molar-refractivity contribution < 1.29 is 23.9 Å². The maximum absolute atomic E-state index is 13.5. The lowest BCUT2D eigenvalue weighted by Crippen LogP contribution is -2.37. The smallest absolute Gasteiger partial charge is 0.487 e. The van der Waals surface area contributed by atoms with Crippen LogP contribution in [0.25, 0.3) is 0 Å². The van der Waals surface area contributed by atoms with Gasteiger partial charge in [0.2, 0.25) is 0 Å². The lowest BCUT2D eigenvalue weighted by atomic mass is 9.80. The highest BCUT2D eigenvalue weighted by molar-refractivity contribution is 6.58. The van der Waals surface area contributed by atoms with Crippen LogP contribution in [0.3, 0.4) is 0 Å². The Labute approximate surface area is 118 Å². The summed E-state index contributed by atoms with van der Waals surface area (Å²) in [6.07, 6.45) is 0.441. The number of halogens is 1. The fourth-order valence-electron chi connectivity index (χ4n) is 2.66. The zero-order valence-electron chi connectivity index (χ0n) is 12.2. The molecule has 2 rings (SSSR count). The van der Waals surface area contributed by atoms with E-state index >= 15 is 0 Å². The van der Waals surface area contributed by atoms with Gasteiger partial charge in [0.1, 0.15) is 23.3 Å². The first-order valence-electron chi connectivity index (χ1n) is 6.62. The fourth-order valence-corrected chi connectivity index (χ4v) is 2.66. The molecule has 1 atom stereocenters. The summed E-state index contributed by atoms with van der Waals surface area (Å²) in [6, 6.07) is 3.72. The molecule has 1 aromatic carbocycles. The number of hydrogen-bond acceptors (Lipinski definition) is 4. The van der Waals surface area contributed by atoms with Gasteiger partial charge in [-0.3, -0.25) is 0 Å². The predicted molar refractivity (Wildman–Crippen MR) is 74.5 cm³/mol. The summed E-state index contributed by atoms with van der Waals surface area (Å²) in [5.74, 6) is -0.297. The van der Waals surface area contributed by atoms with Crippen LogP contribution in [0.4, 0.5) is 4.39 Å². The Hall–Kier alpha value is -1.11. The Morgan fingerprint density at radius 1 is 1.25 bits per heavy atom. The van der Waals surface area contributed by atoms with Crippen LogP contribution >= 0.6 is 0 Å². The summed E-state index contributed by atoms with van der Waals surface area (Å²) in [6.45, 7) is 7.81. The van der Waals surface area contributed by atoms with Crippen molar-refractivity contribution in [2.45, 2.75) is 51.4 Å². The number of benzene rings is 1. The average Bonchev–Trinajstić information content (AvgIpc) is 2.45. The topological polar surface area (TPSA) is 58.9 Å². The van der Waals surface area contributed by atoms with Crippen LogP contribution in [-0.2, 0) is 4.74 Å². The molecule has 0 radical (unpaired) electrons. The van der Waals surface area contributed by atoms with Gasteiger partial charge in [-0.25, -0.2) is 4.39 Å². The summed E-state index contributed by atoms with van der Waals surface area (Å²) in [7, 11) is -1.72. The zero-order valence-corrected chi connectivity index (χ0v) is 12.2. The van der Waals surface area contributed by atoms with Crippen LogP contribution in [0.2, 0.25) is 0 Å². The monoisotopic (exact) mass is 282 g/mol. The number of rotatable bonds is 3. The van der Waals surface area contributed by atoms with E-state index in [9.17, 15) is 4.39 Å². The third-order valence-electron chi connectivity index (χ3n) is 3.46. The van der Waals surface area contributed by atoms with Gasteiger partial charge < -0.3 is 19.5 Å². The maximum Gasteiger partial charge on any atom is 0.488 e. The van der Waals surface area contributed by atoms with Crippen LogP contribution in [0.15, 0.2) is 18.2 Å². The number of ether oxygens (including phenoxy) is 2. The lowest BCUT2D eigenvalue weighted by Gasteiger charge is -2.27. The van der Waals surface area contributed by atoms with Gasteiger partial charge in [-0.2, -0.15) is 0 Å². The van der Waals surface area contributed by atoms with E-state index in [-0.39, 0.29) is 22.9 Å². The van der Waals surface area contributed by atoms with Gasteiger partial charge in [-0.05, 0) is 45.3 Å². The Kier molecular flexibility index (Phi) is 3.84. The van der Waals surface area contributed by atoms with Gasteiger partial charge in [-0.1, -0.05) is 0 Å². The summed E-state index contributed by atoms with van der Waals surface area (Å²) in [5.41, 5.74) is -0.731. The molecule has 4 nitrogen and oxygen atoms in total. The molecule has 1 fully saturated rings. The molecule has 1 aliphatic heterocycles. The quantitative estimate of drug-likeness (QED) is 0.819. The lowest BCUT2D eigenvalue weighted by molar-refractivity contribution is -0.0846. The molecule has 1 aromatic rings. The van der Waals surface area contributed by atoms with Crippen LogP contribution in [0.5, 0.6) is 5.75 Å². The molecule has 1 unspecified atom stereocenters. The third kappa shape index (κ3) is 3.31. The maximum atomic E-state index is 13.5. The summed E-state index contributed by atoms with van der Waals surface area (Å²) < 4.78 is 25.2. The molecule has 1 heterocycles. The van der Waals surface area contributed by atoms with Crippen molar-refractivity contribution >= 4 is 12.6 Å². The minimum absolute atomic E-state index is 0.0657. The summed E-state index contributed by atoms with van der Waals surface area (Å²) >= 11 is 0. The first-order chi connectivity index (χ1) is 9.09. The Bertz CT molecular complexity index is 502. The summed E-state index contributed by atoms with van der Waals surface area (Å²) in [4.78, 5) is 0. The molecular formula is C14H20BFO4. The molecule has 0 spiro atoms. The van der Waals surface area contributed by atoms with E-state index in [0.717, 1.165) is 6.07 Å². The van der Waals surface area contributed by atoms with Crippen LogP contribution < -0.4 is 10.2 Å². The molecule has 0 amide bonds. The fraction of sp³-hybridized carbons (Fsp3) is 0.571. The predicted octanol–water partition coefficient (Wildman–Crippen LogP) is 1.23. The van der Waals surface area contributed by atoms with Crippen molar-refractivity contribution in [3.63, 3.8) is 0 Å². The minimum Gasteiger partial charge on any atom is -0.487 e. The Balaban J connectivity index is 2.22. The molecule has 1 aliphatic rings. The van der Waals surface area contributed by atoms with Crippen LogP contribution in [0, 0.1) is 5.82 Å². The molecule has 110 valence electrons. The van der Waals surface area contributed by atoms with E-state index in [4.69, 9.17) is 19.5 Å². The van der Waals surface area contributed by atoms with E-state index < -0.39 is 18.5 Å². The highest BCUT2D eigenvalue weighted by atomic mass is 19.1. The molecule has 20 heavy (non-hydrogen) atoms. The van der Waals surface area contributed by atoms with E-state index in [1.165, 1.54) is 12.1 Å². The molecule has 1 saturated heterocycles. The minimum atomic E-state index is -1.72. The van der Waals surface area contributed by atoms with Gasteiger partial charge in [0.05, 0.1) is 5.60 Å². The second kappa shape index (κ2) is 5.02. The summed E-state index contributed by atoms with van der Waals surface area (Å²) in [5, 5.41) is 18.3. The molecular weight excluding hydrogens is 262 g/mol. The van der Waals surface area contributed by atoms with Crippen LogP contribution in [0.1, 0.15) is 34.1 Å². The van der Waals surface area contributed by atoms with E-state index in [2.05, 4.69) is 0 Å². The molecule has 0 saturated carbocycles. The third-order valence-corrected chi connectivity index (χ3v) is 3.46. The van der Waals surface area contributed by atoms with Gasteiger partial charge >= 0.3 is 7.12 Å². The van der Waals surface area contributed by atoms with Gasteiger partial charge in [-0.15, -0.1) is 0 Å². The van der Waals surface area contributed by atoms with Crippen molar-refractivity contribution in [3.05, 3.63) is 24.0 Å². The first kappa shape index (κ1) is 15.3. The standard InChI is InChI=1S/C14H20BFO4/c1-13(2)8-12(14(3,4)20-13)19-11-6-9(15(17)18)5-10(16)7-11/h5-7,12,17-18H,8H2,1-4H3. The van der Waals surface area contributed by atoms with Crippen LogP contribution in [-0.4, -0.2) is 34.5 Å². The zero-order chi connectivity index (χ0) is 15.1. The molecule has 0 aliphatic carbocycles. The van der Waals surface area contributed by atoms with Crippen molar-refractivity contribution in [2.75, 3.05) is 0 Å². The normalized spacial score (nSPS) is 23.6. The van der Waals surface area contributed by atoms with Crippen molar-refractivity contribution in [3.8, 4) is 5.75 Å². The molecule has 0 aromatic heterocycles. The largest absolute Gasteiger partial charge is 0.488 e. The van der Waals surface area contributed by atoms with Crippen molar-refractivity contribution in [1.82, 2.24) is 0 Å². The second-order valence-electron chi connectivity index (χ2n) is 6.37. The Morgan fingerprint density at radius 2 is 1.90 bits per heavy atom. The van der Waals surface area contributed by atoms with Gasteiger partial charge in [0, 0.05) is 12.5 Å². The van der Waals surface area contributed by atoms with Crippen molar-refractivity contribution in [1.29, 1.82) is 0 Å².